The highest BCUT2D eigenvalue weighted by atomic mass is 16.5. The van der Waals surface area contributed by atoms with E-state index < -0.39 is 5.97 Å². The minimum atomic E-state index is -0.742. The summed E-state index contributed by atoms with van der Waals surface area (Å²) < 4.78 is 7.95. The third-order valence-corrected chi connectivity index (χ3v) is 6.93. The summed E-state index contributed by atoms with van der Waals surface area (Å²) in [5, 5.41) is 18.0. The molecular weight excluding hydrogens is 466 g/mol. The summed E-state index contributed by atoms with van der Waals surface area (Å²) in [6, 6.07) is 20.2. The summed E-state index contributed by atoms with van der Waals surface area (Å²) in [6.07, 6.45) is 4.21. The quantitative estimate of drug-likeness (QED) is 0.373. The summed E-state index contributed by atoms with van der Waals surface area (Å²) in [4.78, 5) is 21.1. The summed E-state index contributed by atoms with van der Waals surface area (Å²) in [5.74, 6) is -0.400. The Morgan fingerprint density at radius 2 is 1.78 bits per heavy atom. The van der Waals surface area contributed by atoms with E-state index in [0.29, 0.717) is 25.0 Å². The highest BCUT2D eigenvalue weighted by Gasteiger charge is 2.28. The Kier molecular flexibility index (Phi) is 7.25. The molecule has 1 saturated carbocycles. The Bertz CT molecular complexity index is 1390. The Morgan fingerprint density at radius 3 is 2.54 bits per heavy atom. The molecule has 1 aliphatic carbocycles. The Balaban J connectivity index is 1.33. The van der Waals surface area contributed by atoms with Crippen LogP contribution < -0.4 is 4.74 Å². The van der Waals surface area contributed by atoms with Crippen LogP contribution in [0.25, 0.3) is 11.4 Å². The summed E-state index contributed by atoms with van der Waals surface area (Å²) >= 11 is 0. The molecule has 4 aromatic rings. The van der Waals surface area contributed by atoms with E-state index >= 15 is 0 Å². The van der Waals surface area contributed by atoms with Crippen LogP contribution in [0.5, 0.6) is 5.75 Å². The zero-order valence-electron chi connectivity index (χ0n) is 21.2. The van der Waals surface area contributed by atoms with Gasteiger partial charge >= 0.3 is 5.97 Å². The number of aliphatic carboxylic acids is 1. The number of hydrogen-bond donors (Lipinski definition) is 1. The molecule has 0 spiro atoms. The van der Waals surface area contributed by atoms with Gasteiger partial charge < -0.3 is 9.84 Å². The maximum absolute atomic E-state index is 11.4. The van der Waals surface area contributed by atoms with Crippen molar-refractivity contribution in [2.75, 3.05) is 0 Å². The van der Waals surface area contributed by atoms with E-state index in [1.807, 2.05) is 62.5 Å². The van der Waals surface area contributed by atoms with Crippen LogP contribution in [-0.4, -0.2) is 42.1 Å². The fourth-order valence-electron chi connectivity index (χ4n) is 4.94. The number of nitrogens with zero attached hydrogens (tertiary/aromatic N) is 5. The molecule has 37 heavy (non-hydrogen) atoms. The molecule has 1 aliphatic rings. The largest absolute Gasteiger partial charge is 0.489 e. The third-order valence-electron chi connectivity index (χ3n) is 6.93. The molecule has 0 radical (unpaired) electrons. The van der Waals surface area contributed by atoms with Crippen molar-refractivity contribution < 1.29 is 14.6 Å². The van der Waals surface area contributed by atoms with E-state index in [0.717, 1.165) is 53.4 Å². The molecule has 0 amide bonds. The molecule has 1 fully saturated rings. The second kappa shape index (κ2) is 10.9. The standard InChI is InChI=1S/C29H31N5O3/c1-19-27(37-24-13-6-10-21(17-24)29(35)36)15-14-25(30-19)28-26(34(2)33-32-28)18-23-12-7-11-22(31-23)16-20-8-4-3-5-9-20/h3-5,7-9,11-12,14-15,21,24H,6,10,13,16-18H2,1-2H3,(H,35,36)/t21-,24-/m0/s1. The van der Waals surface area contributed by atoms with Gasteiger partial charge in [-0.25, -0.2) is 4.98 Å². The predicted molar refractivity (Wildman–Crippen MR) is 139 cm³/mol. The van der Waals surface area contributed by atoms with Crippen LogP contribution in [0.3, 0.4) is 0 Å². The lowest BCUT2D eigenvalue weighted by Crippen LogP contribution is -2.29. The molecular formula is C29H31N5O3. The molecule has 190 valence electrons. The van der Waals surface area contributed by atoms with Gasteiger partial charge in [-0.3, -0.25) is 14.5 Å². The monoisotopic (exact) mass is 497 g/mol. The number of hydrogen-bond acceptors (Lipinski definition) is 6. The van der Waals surface area contributed by atoms with Gasteiger partial charge in [0.15, 0.2) is 0 Å². The number of aromatic nitrogens is 5. The Hall–Kier alpha value is -4.07. The number of carbonyl (C=O) groups is 1. The van der Waals surface area contributed by atoms with E-state index in [4.69, 9.17) is 14.7 Å². The van der Waals surface area contributed by atoms with Gasteiger partial charge in [0.2, 0.25) is 0 Å². The summed E-state index contributed by atoms with van der Waals surface area (Å²) in [6.45, 7) is 1.90. The van der Waals surface area contributed by atoms with Crippen LogP contribution in [-0.2, 0) is 24.7 Å². The average Bonchev–Trinajstić information content (AvgIpc) is 3.26. The lowest BCUT2D eigenvalue weighted by molar-refractivity contribution is -0.143. The molecule has 1 aromatic carbocycles. The van der Waals surface area contributed by atoms with Gasteiger partial charge in [0.1, 0.15) is 11.4 Å². The van der Waals surface area contributed by atoms with Gasteiger partial charge in [-0.15, -0.1) is 5.10 Å². The smallest absolute Gasteiger partial charge is 0.306 e. The van der Waals surface area contributed by atoms with Crippen molar-refractivity contribution in [2.24, 2.45) is 13.0 Å². The van der Waals surface area contributed by atoms with Crippen molar-refractivity contribution in [2.45, 2.75) is 51.6 Å². The first-order chi connectivity index (χ1) is 18.0. The number of carboxylic acid groups (broad SMARTS) is 1. The van der Waals surface area contributed by atoms with Crippen molar-refractivity contribution >= 4 is 5.97 Å². The lowest BCUT2D eigenvalue weighted by Gasteiger charge is -2.27. The number of ether oxygens (including phenoxy) is 1. The van der Waals surface area contributed by atoms with Crippen LogP contribution in [0.4, 0.5) is 0 Å². The molecule has 0 unspecified atom stereocenters. The topological polar surface area (TPSA) is 103 Å². The average molecular weight is 498 g/mol. The van der Waals surface area contributed by atoms with Crippen LogP contribution in [0.15, 0.2) is 60.7 Å². The minimum absolute atomic E-state index is 0.109. The molecule has 5 rings (SSSR count). The molecule has 1 N–H and O–H groups in total. The summed E-state index contributed by atoms with van der Waals surface area (Å²) in [7, 11) is 1.88. The van der Waals surface area contributed by atoms with Gasteiger partial charge in [0.05, 0.1) is 29.1 Å². The van der Waals surface area contributed by atoms with Crippen molar-refractivity contribution in [1.82, 2.24) is 25.0 Å². The van der Waals surface area contributed by atoms with E-state index in [1.165, 1.54) is 5.56 Å². The Labute approximate surface area is 216 Å². The number of benzene rings is 1. The zero-order valence-corrected chi connectivity index (χ0v) is 21.2. The second-order valence-corrected chi connectivity index (χ2v) is 9.69. The first-order valence-corrected chi connectivity index (χ1v) is 12.7. The van der Waals surface area contributed by atoms with Crippen molar-refractivity contribution in [3.63, 3.8) is 0 Å². The molecule has 3 aromatic heterocycles. The minimum Gasteiger partial charge on any atom is -0.489 e. The van der Waals surface area contributed by atoms with Gasteiger partial charge in [-0.1, -0.05) is 41.6 Å². The Morgan fingerprint density at radius 1 is 1.00 bits per heavy atom. The molecule has 0 saturated heterocycles. The van der Waals surface area contributed by atoms with Crippen molar-refractivity contribution in [3.8, 4) is 17.1 Å². The molecule has 8 heteroatoms. The fraction of sp³-hybridized carbons (Fsp3) is 0.345. The van der Waals surface area contributed by atoms with Gasteiger partial charge in [-0.05, 0) is 62.4 Å². The van der Waals surface area contributed by atoms with E-state index in [1.54, 1.807) is 4.68 Å². The highest BCUT2D eigenvalue weighted by Crippen LogP contribution is 2.30. The van der Waals surface area contributed by atoms with Gasteiger partial charge in [0, 0.05) is 31.3 Å². The summed E-state index contributed by atoms with van der Waals surface area (Å²) in [5.41, 5.74) is 6.31. The van der Waals surface area contributed by atoms with E-state index in [9.17, 15) is 9.90 Å². The van der Waals surface area contributed by atoms with Crippen molar-refractivity contribution in [3.05, 3.63) is 89.0 Å². The maximum Gasteiger partial charge on any atom is 0.306 e. The maximum atomic E-state index is 11.4. The number of aryl methyl sites for hydroxylation is 2. The molecule has 8 nitrogen and oxygen atoms in total. The molecule has 0 bridgehead atoms. The predicted octanol–water partition coefficient (Wildman–Crippen LogP) is 4.78. The van der Waals surface area contributed by atoms with Crippen LogP contribution in [0.1, 0.15) is 54.0 Å². The lowest BCUT2D eigenvalue weighted by atomic mass is 9.87. The van der Waals surface area contributed by atoms with Gasteiger partial charge in [0.25, 0.3) is 0 Å². The molecule has 2 atom stereocenters. The van der Waals surface area contributed by atoms with Gasteiger partial charge in [-0.2, -0.15) is 0 Å². The van der Waals surface area contributed by atoms with Crippen molar-refractivity contribution in [1.29, 1.82) is 0 Å². The number of rotatable bonds is 8. The van der Waals surface area contributed by atoms with E-state index in [2.05, 4.69) is 22.4 Å². The van der Waals surface area contributed by atoms with E-state index in [-0.39, 0.29) is 12.0 Å². The first-order valence-electron chi connectivity index (χ1n) is 12.7. The SMILES string of the molecule is Cc1nc(-c2nnn(C)c2Cc2cccc(Cc3ccccc3)n2)ccc1O[C@H]1CCC[C@H](C(=O)O)C1. The number of pyridine rings is 2. The number of carboxylic acids is 1. The van der Waals surface area contributed by atoms with Crippen LogP contribution >= 0.6 is 0 Å². The normalized spacial score (nSPS) is 17.5. The zero-order chi connectivity index (χ0) is 25.8. The van der Waals surface area contributed by atoms with Crippen LogP contribution in [0.2, 0.25) is 0 Å². The second-order valence-electron chi connectivity index (χ2n) is 9.69. The molecule has 0 aliphatic heterocycles. The highest BCUT2D eigenvalue weighted by molar-refractivity contribution is 5.70. The fourth-order valence-corrected chi connectivity index (χ4v) is 4.94. The van der Waals surface area contributed by atoms with Crippen LogP contribution in [0, 0.1) is 12.8 Å². The first kappa shape index (κ1) is 24.6. The third kappa shape index (κ3) is 5.85. The molecule has 3 heterocycles.